The van der Waals surface area contributed by atoms with Crippen molar-refractivity contribution in [2.45, 2.75) is 32.6 Å². The van der Waals surface area contributed by atoms with E-state index >= 15 is 0 Å². The maximum Gasteiger partial charge on any atom is 0.123 e. The topological polar surface area (TPSA) is 46.6 Å². The van der Waals surface area contributed by atoms with Crippen molar-refractivity contribution in [2.24, 2.45) is 5.16 Å². The lowest BCUT2D eigenvalue weighted by atomic mass is 9.96. The number of thioether (sulfide) groups is 1. The van der Waals surface area contributed by atoms with Crippen LogP contribution in [0.3, 0.4) is 0 Å². The second-order valence-electron chi connectivity index (χ2n) is 7.52. The molecule has 0 spiro atoms. The van der Waals surface area contributed by atoms with Crippen LogP contribution in [0.25, 0.3) is 10.9 Å². The number of rotatable bonds is 7. The van der Waals surface area contributed by atoms with E-state index in [4.69, 9.17) is 21.2 Å². The zero-order chi connectivity index (χ0) is 20.9. The SMILES string of the molecule is COc1ccc2[nH]c(C)c(CCON=C3CCSCC3)c2c1Cc1ccccc1Cl. The Balaban J connectivity index is 1.62. The lowest BCUT2D eigenvalue weighted by Gasteiger charge is -2.13. The maximum absolute atomic E-state index is 6.46. The molecule has 0 bridgehead atoms. The number of hydrogen-bond acceptors (Lipinski definition) is 4. The van der Waals surface area contributed by atoms with Gasteiger partial charge in [0.1, 0.15) is 12.4 Å². The molecule has 0 amide bonds. The molecule has 0 unspecified atom stereocenters. The highest BCUT2D eigenvalue weighted by Crippen LogP contribution is 2.35. The Morgan fingerprint density at radius 3 is 2.67 bits per heavy atom. The Labute approximate surface area is 187 Å². The Morgan fingerprint density at radius 2 is 1.90 bits per heavy atom. The molecule has 0 atom stereocenters. The minimum absolute atomic E-state index is 0.563. The number of halogens is 1. The number of fused-ring (bicyclic) bond motifs is 1. The van der Waals surface area contributed by atoms with Crippen LogP contribution in [0.5, 0.6) is 5.75 Å². The monoisotopic (exact) mass is 442 g/mol. The number of nitrogens with zero attached hydrogens (tertiary/aromatic N) is 1. The second kappa shape index (κ2) is 9.80. The van der Waals surface area contributed by atoms with Gasteiger partial charge in [0.05, 0.1) is 12.8 Å². The van der Waals surface area contributed by atoms with E-state index in [1.165, 1.54) is 16.7 Å². The molecule has 1 saturated heterocycles. The average molecular weight is 443 g/mol. The highest BCUT2D eigenvalue weighted by molar-refractivity contribution is 7.99. The summed E-state index contributed by atoms with van der Waals surface area (Å²) in [5.74, 6) is 3.17. The van der Waals surface area contributed by atoms with Gasteiger partial charge in [-0.05, 0) is 60.6 Å². The molecule has 1 fully saturated rings. The van der Waals surface area contributed by atoms with E-state index in [9.17, 15) is 0 Å². The predicted octanol–water partition coefficient (Wildman–Crippen LogP) is 6.17. The average Bonchev–Trinajstić information content (AvgIpc) is 3.09. The number of aryl methyl sites for hydroxylation is 1. The molecule has 158 valence electrons. The number of methoxy groups -OCH3 is 1. The molecule has 1 aliphatic rings. The second-order valence-corrected chi connectivity index (χ2v) is 9.15. The van der Waals surface area contributed by atoms with Gasteiger partial charge in [-0.3, -0.25) is 0 Å². The van der Waals surface area contributed by atoms with Crippen molar-refractivity contribution in [1.82, 2.24) is 4.98 Å². The summed E-state index contributed by atoms with van der Waals surface area (Å²) in [6.07, 6.45) is 3.58. The van der Waals surface area contributed by atoms with Crippen LogP contribution < -0.4 is 4.74 Å². The van der Waals surface area contributed by atoms with Crippen molar-refractivity contribution >= 4 is 40.0 Å². The van der Waals surface area contributed by atoms with Gasteiger partial charge in [-0.1, -0.05) is 35.0 Å². The molecule has 30 heavy (non-hydrogen) atoms. The first-order chi connectivity index (χ1) is 14.7. The molecular formula is C24H27ClN2O2S. The van der Waals surface area contributed by atoms with Crippen molar-refractivity contribution in [3.05, 3.63) is 63.8 Å². The van der Waals surface area contributed by atoms with Crippen molar-refractivity contribution < 1.29 is 9.57 Å². The van der Waals surface area contributed by atoms with E-state index in [1.807, 2.05) is 36.0 Å². The Kier molecular flexibility index (Phi) is 6.90. The Hall–Kier alpha value is -2.11. The first-order valence-corrected chi connectivity index (χ1v) is 11.9. The fraction of sp³-hybridized carbons (Fsp3) is 0.375. The fourth-order valence-corrected chi connectivity index (χ4v) is 5.20. The quantitative estimate of drug-likeness (QED) is 0.351. The van der Waals surface area contributed by atoms with Crippen LogP contribution in [0.4, 0.5) is 0 Å². The van der Waals surface area contributed by atoms with Crippen LogP contribution in [0.2, 0.25) is 5.02 Å². The third-order valence-corrected chi connectivity index (χ3v) is 6.95. The Bertz CT molecular complexity index is 1050. The molecular weight excluding hydrogens is 416 g/mol. The normalized spacial score (nSPS) is 14.2. The van der Waals surface area contributed by atoms with E-state index in [-0.39, 0.29) is 0 Å². The lowest BCUT2D eigenvalue weighted by molar-refractivity contribution is 0.146. The summed E-state index contributed by atoms with van der Waals surface area (Å²) in [4.78, 5) is 9.22. The zero-order valence-electron chi connectivity index (χ0n) is 17.5. The highest BCUT2D eigenvalue weighted by Gasteiger charge is 2.18. The molecule has 3 aromatic rings. The summed E-state index contributed by atoms with van der Waals surface area (Å²) < 4.78 is 5.72. The number of benzene rings is 2. The summed E-state index contributed by atoms with van der Waals surface area (Å²) in [5, 5.41) is 6.36. The summed E-state index contributed by atoms with van der Waals surface area (Å²) in [7, 11) is 1.72. The Morgan fingerprint density at radius 1 is 1.10 bits per heavy atom. The van der Waals surface area contributed by atoms with Crippen LogP contribution >= 0.6 is 23.4 Å². The molecule has 1 aromatic heterocycles. The van der Waals surface area contributed by atoms with Crippen LogP contribution in [0, 0.1) is 6.92 Å². The summed E-state index contributed by atoms with van der Waals surface area (Å²) >= 11 is 8.44. The third-order valence-electron chi connectivity index (χ3n) is 5.60. The molecule has 0 saturated carbocycles. The number of ether oxygens (including phenoxy) is 1. The van der Waals surface area contributed by atoms with E-state index in [2.05, 4.69) is 29.2 Å². The third kappa shape index (κ3) is 4.62. The maximum atomic E-state index is 6.46. The number of aromatic amines is 1. The van der Waals surface area contributed by atoms with Crippen LogP contribution in [0.15, 0.2) is 41.6 Å². The first-order valence-electron chi connectivity index (χ1n) is 10.3. The molecule has 1 aliphatic heterocycles. The summed E-state index contributed by atoms with van der Waals surface area (Å²) in [5.41, 5.74) is 6.95. The van der Waals surface area contributed by atoms with Gasteiger partial charge < -0.3 is 14.6 Å². The van der Waals surface area contributed by atoms with Crippen molar-refractivity contribution in [3.63, 3.8) is 0 Å². The van der Waals surface area contributed by atoms with Gasteiger partial charge >= 0.3 is 0 Å². The van der Waals surface area contributed by atoms with E-state index in [0.717, 1.165) is 63.9 Å². The van der Waals surface area contributed by atoms with Gasteiger partial charge in [0.2, 0.25) is 0 Å². The minimum atomic E-state index is 0.563. The van der Waals surface area contributed by atoms with Crippen molar-refractivity contribution in [1.29, 1.82) is 0 Å². The predicted molar refractivity (Wildman–Crippen MR) is 127 cm³/mol. The number of hydrogen-bond donors (Lipinski definition) is 1. The molecule has 2 aromatic carbocycles. The molecule has 4 nitrogen and oxygen atoms in total. The van der Waals surface area contributed by atoms with Gasteiger partial charge in [0.25, 0.3) is 0 Å². The molecule has 0 aliphatic carbocycles. The number of aromatic nitrogens is 1. The standard InChI is InChI=1S/C24H27ClN2O2S/c1-16-19(9-12-29-27-18-10-13-30-14-11-18)24-20(15-17-5-3-4-6-21(17)25)23(28-2)8-7-22(24)26-16/h3-8,26H,9-15H2,1-2H3. The van der Waals surface area contributed by atoms with E-state index in [1.54, 1.807) is 7.11 Å². The lowest BCUT2D eigenvalue weighted by Crippen LogP contribution is -2.09. The fourth-order valence-electron chi connectivity index (χ4n) is 4.04. The summed E-state index contributed by atoms with van der Waals surface area (Å²) in [6, 6.07) is 12.1. The van der Waals surface area contributed by atoms with Crippen molar-refractivity contribution in [3.8, 4) is 5.75 Å². The van der Waals surface area contributed by atoms with E-state index in [0.29, 0.717) is 13.0 Å². The minimum Gasteiger partial charge on any atom is -0.496 e. The van der Waals surface area contributed by atoms with E-state index < -0.39 is 0 Å². The molecule has 2 heterocycles. The number of nitrogens with one attached hydrogen (secondary N) is 1. The smallest absolute Gasteiger partial charge is 0.123 e. The number of H-pyrrole nitrogens is 1. The molecule has 0 radical (unpaired) electrons. The largest absolute Gasteiger partial charge is 0.496 e. The molecule has 6 heteroatoms. The van der Waals surface area contributed by atoms with Crippen LogP contribution in [-0.2, 0) is 17.7 Å². The molecule has 4 rings (SSSR count). The van der Waals surface area contributed by atoms with Crippen molar-refractivity contribution in [2.75, 3.05) is 25.2 Å². The zero-order valence-corrected chi connectivity index (χ0v) is 19.0. The van der Waals surface area contributed by atoms with Gasteiger partial charge in [-0.2, -0.15) is 11.8 Å². The number of oxime groups is 1. The van der Waals surface area contributed by atoms with Crippen LogP contribution in [0.1, 0.15) is 35.2 Å². The summed E-state index contributed by atoms with van der Waals surface area (Å²) in [6.45, 7) is 2.68. The van der Waals surface area contributed by atoms with Gasteiger partial charge in [-0.15, -0.1) is 0 Å². The van der Waals surface area contributed by atoms with Gasteiger partial charge in [0, 0.05) is 40.0 Å². The van der Waals surface area contributed by atoms with Crippen LogP contribution in [-0.4, -0.2) is 35.9 Å². The van der Waals surface area contributed by atoms with Gasteiger partial charge in [0.15, 0.2) is 0 Å². The first kappa shape index (κ1) is 21.1. The highest BCUT2D eigenvalue weighted by atomic mass is 35.5. The molecule has 1 N–H and O–H groups in total. The van der Waals surface area contributed by atoms with Gasteiger partial charge in [-0.25, -0.2) is 0 Å².